The fourth-order valence-electron chi connectivity index (χ4n) is 5.22. The number of nitrogens with one attached hydrogen (secondary N) is 2. The molecule has 1 amide bonds. The lowest BCUT2D eigenvalue weighted by Crippen LogP contribution is -2.35. The number of nitrogens with zero attached hydrogens (tertiary/aromatic N) is 4. The van der Waals surface area contributed by atoms with Crippen molar-refractivity contribution in [2.75, 3.05) is 58.4 Å². The van der Waals surface area contributed by atoms with Crippen molar-refractivity contribution in [2.45, 2.75) is 39.0 Å². The van der Waals surface area contributed by atoms with E-state index in [2.05, 4.69) is 24.9 Å². The van der Waals surface area contributed by atoms with Gasteiger partial charge < -0.3 is 20.2 Å². The molecule has 0 radical (unpaired) electrons. The van der Waals surface area contributed by atoms with Gasteiger partial charge >= 0.3 is 0 Å². The van der Waals surface area contributed by atoms with Crippen LogP contribution in [0.2, 0.25) is 0 Å². The lowest BCUT2D eigenvalue weighted by Gasteiger charge is -2.35. The molecule has 0 unspecified atom stereocenters. The number of anilines is 4. The Morgan fingerprint density at radius 1 is 1.08 bits per heavy atom. The Morgan fingerprint density at radius 3 is 2.46 bits per heavy atom. The Bertz CT molecular complexity index is 1400. The highest BCUT2D eigenvalue weighted by atomic mass is 32.2. The van der Waals surface area contributed by atoms with E-state index in [0.717, 1.165) is 25.9 Å². The van der Waals surface area contributed by atoms with Gasteiger partial charge in [-0.2, -0.15) is 13.8 Å². The molecule has 5 rings (SSSR count). The summed E-state index contributed by atoms with van der Waals surface area (Å²) >= 11 is 0. The molecule has 3 fully saturated rings. The van der Waals surface area contributed by atoms with Gasteiger partial charge in [-0.05, 0) is 62.6 Å². The second-order valence-electron chi connectivity index (χ2n) is 10.5. The smallest absolute Gasteiger partial charge is 0.271 e. The van der Waals surface area contributed by atoms with Crippen LogP contribution in [0.3, 0.4) is 0 Å². The first-order valence-corrected chi connectivity index (χ1v) is 14.7. The SMILES string of the molecule is Cc1cc(NC(=O)c2ccc(NS(=O)(=O)CCO)cc2N2CCC3(CC2)CC3)nc(N2CCC(=C(F)F)C2)n1. The second-order valence-corrected chi connectivity index (χ2v) is 12.4. The van der Waals surface area contributed by atoms with Gasteiger partial charge in [0.25, 0.3) is 12.0 Å². The van der Waals surface area contributed by atoms with E-state index in [1.165, 1.54) is 18.9 Å². The number of aliphatic hydroxyl groups excluding tert-OH is 1. The highest BCUT2D eigenvalue weighted by Gasteiger charge is 2.44. The van der Waals surface area contributed by atoms with Gasteiger partial charge in [0.15, 0.2) is 0 Å². The monoisotopic (exact) mass is 562 g/mol. The molecule has 1 aromatic heterocycles. The molecule has 1 saturated carbocycles. The van der Waals surface area contributed by atoms with Gasteiger partial charge in [0.2, 0.25) is 16.0 Å². The van der Waals surface area contributed by atoms with Crippen molar-refractivity contribution in [1.82, 2.24) is 9.97 Å². The third kappa shape index (κ3) is 6.30. The molecule has 3 N–H and O–H groups in total. The molecule has 1 aliphatic carbocycles. The molecule has 0 atom stereocenters. The quantitative estimate of drug-likeness (QED) is 0.446. The zero-order valence-electron chi connectivity index (χ0n) is 21.7. The first kappa shape index (κ1) is 27.3. The maximum atomic E-state index is 13.5. The van der Waals surface area contributed by atoms with Crippen molar-refractivity contribution in [1.29, 1.82) is 0 Å². The van der Waals surface area contributed by atoms with Crippen molar-refractivity contribution in [2.24, 2.45) is 5.41 Å². The Morgan fingerprint density at radius 2 is 1.82 bits per heavy atom. The molecule has 2 aliphatic heterocycles. The summed E-state index contributed by atoms with van der Waals surface area (Å²) in [6, 6.07) is 6.34. The van der Waals surface area contributed by atoms with Crippen LogP contribution < -0.4 is 19.8 Å². The number of aliphatic hydroxyl groups is 1. The van der Waals surface area contributed by atoms with E-state index < -0.39 is 34.4 Å². The molecule has 1 spiro atoms. The fraction of sp³-hybridized carbons (Fsp3) is 0.500. The number of hydrogen-bond acceptors (Lipinski definition) is 8. The molecule has 10 nitrogen and oxygen atoms in total. The van der Waals surface area contributed by atoms with E-state index in [1.807, 2.05) is 0 Å². The van der Waals surface area contributed by atoms with Crippen LogP contribution in [0, 0.1) is 12.3 Å². The number of aryl methyl sites for hydroxylation is 1. The van der Waals surface area contributed by atoms with Crippen LogP contribution in [0.25, 0.3) is 0 Å². The first-order valence-electron chi connectivity index (χ1n) is 13.0. The Balaban J connectivity index is 1.40. The molecular weight excluding hydrogens is 530 g/mol. The van der Waals surface area contributed by atoms with Gasteiger partial charge in [-0.3, -0.25) is 9.52 Å². The van der Waals surface area contributed by atoms with E-state index in [-0.39, 0.29) is 30.3 Å². The Kier molecular flexibility index (Phi) is 7.47. The van der Waals surface area contributed by atoms with Gasteiger partial charge in [0.1, 0.15) is 5.82 Å². The highest BCUT2D eigenvalue weighted by molar-refractivity contribution is 7.92. The van der Waals surface area contributed by atoms with E-state index >= 15 is 0 Å². The molecule has 13 heteroatoms. The molecular formula is C26H32F2N6O4S. The molecule has 1 aromatic carbocycles. The number of sulfonamides is 1. The van der Waals surface area contributed by atoms with Gasteiger partial charge in [-0.1, -0.05) is 0 Å². The first-order chi connectivity index (χ1) is 18.6. The van der Waals surface area contributed by atoms with Crippen molar-refractivity contribution in [3.05, 3.63) is 47.2 Å². The summed E-state index contributed by atoms with van der Waals surface area (Å²) in [5.74, 6) is -0.350. The fourth-order valence-corrected chi connectivity index (χ4v) is 6.05. The van der Waals surface area contributed by atoms with E-state index in [0.29, 0.717) is 34.6 Å². The molecule has 0 bridgehead atoms. The summed E-state index contributed by atoms with van der Waals surface area (Å²) < 4.78 is 53.0. The van der Waals surface area contributed by atoms with Gasteiger partial charge in [-0.15, -0.1) is 0 Å². The summed E-state index contributed by atoms with van der Waals surface area (Å²) in [7, 11) is -3.74. The Labute approximate surface area is 226 Å². The van der Waals surface area contributed by atoms with Crippen LogP contribution in [0.1, 0.15) is 48.2 Å². The molecule has 3 heterocycles. The number of piperidine rings is 1. The van der Waals surface area contributed by atoms with Gasteiger partial charge in [0.05, 0.1) is 29.3 Å². The zero-order valence-corrected chi connectivity index (χ0v) is 22.5. The third-order valence-electron chi connectivity index (χ3n) is 7.70. The number of aromatic nitrogens is 2. The van der Waals surface area contributed by atoms with Crippen LogP contribution in [0.4, 0.5) is 31.9 Å². The van der Waals surface area contributed by atoms with Crippen molar-refractivity contribution in [3.8, 4) is 0 Å². The summed E-state index contributed by atoms with van der Waals surface area (Å²) in [5, 5.41) is 11.9. The molecule has 2 saturated heterocycles. The lowest BCUT2D eigenvalue weighted by atomic mass is 9.93. The minimum absolute atomic E-state index is 0.0351. The number of amides is 1. The number of halogens is 2. The minimum Gasteiger partial charge on any atom is -0.395 e. The van der Waals surface area contributed by atoms with Crippen molar-refractivity contribution < 1.29 is 27.1 Å². The maximum absolute atomic E-state index is 13.5. The van der Waals surface area contributed by atoms with E-state index in [1.54, 1.807) is 30.0 Å². The average Bonchev–Trinajstić information content (AvgIpc) is 3.43. The number of rotatable bonds is 8. The second kappa shape index (κ2) is 10.7. The number of benzene rings is 1. The average molecular weight is 563 g/mol. The van der Waals surface area contributed by atoms with Gasteiger partial charge in [0, 0.05) is 43.5 Å². The molecule has 39 heavy (non-hydrogen) atoms. The lowest BCUT2D eigenvalue weighted by molar-refractivity contribution is 0.102. The minimum atomic E-state index is -3.74. The topological polar surface area (TPSA) is 128 Å². The summed E-state index contributed by atoms with van der Waals surface area (Å²) in [6.45, 7) is 3.13. The van der Waals surface area contributed by atoms with Crippen LogP contribution >= 0.6 is 0 Å². The standard InChI is InChI=1S/C26H32F2N6O4S/c1-17-14-22(31-25(29-17)34-9-4-18(16-34)23(27)28)30-24(36)20-3-2-19(32-39(37,38)13-12-35)15-21(20)33-10-7-26(5-6-26)8-11-33/h2-3,14-15,32,35H,4-13,16H2,1H3,(H,29,30,31,36). The summed E-state index contributed by atoms with van der Waals surface area (Å²) in [6.07, 6.45) is 3.01. The predicted octanol–water partition coefficient (Wildman–Crippen LogP) is 3.51. The van der Waals surface area contributed by atoms with E-state index in [9.17, 15) is 22.0 Å². The van der Waals surface area contributed by atoms with Crippen molar-refractivity contribution >= 4 is 39.1 Å². The largest absolute Gasteiger partial charge is 0.395 e. The number of carbonyl (C=O) groups is 1. The molecule has 210 valence electrons. The Hall–Kier alpha value is -3.32. The third-order valence-corrected chi connectivity index (χ3v) is 8.96. The number of carbonyl (C=O) groups excluding carboxylic acids is 1. The molecule has 3 aliphatic rings. The maximum Gasteiger partial charge on any atom is 0.271 e. The van der Waals surface area contributed by atoms with E-state index in [4.69, 9.17) is 5.11 Å². The highest BCUT2D eigenvalue weighted by Crippen LogP contribution is 2.54. The normalized spacial score (nSPS) is 18.4. The summed E-state index contributed by atoms with van der Waals surface area (Å²) in [4.78, 5) is 26.0. The van der Waals surface area contributed by atoms with Crippen LogP contribution in [0.5, 0.6) is 0 Å². The predicted molar refractivity (Wildman–Crippen MR) is 145 cm³/mol. The molecule has 2 aromatic rings. The number of hydrogen-bond donors (Lipinski definition) is 3. The van der Waals surface area contributed by atoms with Crippen LogP contribution in [0.15, 0.2) is 35.9 Å². The van der Waals surface area contributed by atoms with Gasteiger partial charge in [-0.25, -0.2) is 13.4 Å². The van der Waals surface area contributed by atoms with Crippen LogP contribution in [-0.4, -0.2) is 67.9 Å². The zero-order chi connectivity index (χ0) is 27.8. The van der Waals surface area contributed by atoms with Crippen LogP contribution in [-0.2, 0) is 10.0 Å². The van der Waals surface area contributed by atoms with Crippen molar-refractivity contribution in [3.63, 3.8) is 0 Å². The summed E-state index contributed by atoms with van der Waals surface area (Å²) in [5.41, 5.74) is 2.30.